The van der Waals surface area contributed by atoms with Gasteiger partial charge < -0.3 is 16.0 Å². The molecule has 4 rings (SSSR count). The van der Waals surface area contributed by atoms with Crippen molar-refractivity contribution in [2.24, 2.45) is 11.8 Å². The van der Waals surface area contributed by atoms with Crippen LogP contribution in [0.3, 0.4) is 0 Å². The minimum absolute atomic E-state index is 0.0408. The van der Waals surface area contributed by atoms with Crippen molar-refractivity contribution < 1.29 is 14.4 Å². The molecule has 0 radical (unpaired) electrons. The summed E-state index contributed by atoms with van der Waals surface area (Å²) < 4.78 is 0. The van der Waals surface area contributed by atoms with Gasteiger partial charge >= 0.3 is 0 Å². The van der Waals surface area contributed by atoms with Crippen LogP contribution in [0.1, 0.15) is 45.4 Å². The van der Waals surface area contributed by atoms with Gasteiger partial charge in [0.05, 0.1) is 22.5 Å². The lowest BCUT2D eigenvalue weighted by atomic mass is 9.93. The van der Waals surface area contributed by atoms with E-state index in [1.807, 2.05) is 24.5 Å². The number of allylic oxidation sites excluding steroid dienone is 1. The standard InChI is InChI=1S/C20H20N4O3S/c1-10-3-6-15-17(18(10)25)14(9-28-15)23-13-7-16(24-19(26)11-4-5-11)22-8-12(13)20(27)21-2/h3,6-11H,4-5H2,1-2H3,(H,21,27)(H2,22,23,24,26)/t10-/m0/s1. The molecule has 8 heteroatoms. The highest BCUT2D eigenvalue weighted by Gasteiger charge is 2.30. The van der Waals surface area contributed by atoms with E-state index < -0.39 is 0 Å². The van der Waals surface area contributed by atoms with Crippen molar-refractivity contribution in [1.29, 1.82) is 0 Å². The van der Waals surface area contributed by atoms with E-state index in [1.165, 1.54) is 24.6 Å². The molecule has 0 aliphatic heterocycles. The maximum absolute atomic E-state index is 12.6. The first-order chi connectivity index (χ1) is 13.5. The van der Waals surface area contributed by atoms with Gasteiger partial charge in [0.25, 0.3) is 5.91 Å². The summed E-state index contributed by atoms with van der Waals surface area (Å²) in [6.45, 7) is 1.86. The zero-order valence-corrected chi connectivity index (χ0v) is 16.4. The van der Waals surface area contributed by atoms with Crippen LogP contribution in [0.2, 0.25) is 0 Å². The summed E-state index contributed by atoms with van der Waals surface area (Å²) in [5, 5.41) is 10.4. The van der Waals surface area contributed by atoms with Crippen molar-refractivity contribution >= 4 is 52.2 Å². The Balaban J connectivity index is 1.68. The predicted octanol–water partition coefficient (Wildman–Crippen LogP) is 3.44. The van der Waals surface area contributed by atoms with E-state index in [9.17, 15) is 14.4 Å². The molecule has 0 unspecified atom stereocenters. The maximum Gasteiger partial charge on any atom is 0.254 e. The number of fused-ring (bicyclic) bond motifs is 1. The maximum atomic E-state index is 12.6. The number of nitrogens with zero attached hydrogens (tertiary/aromatic N) is 1. The van der Waals surface area contributed by atoms with Crippen molar-refractivity contribution in [2.45, 2.75) is 19.8 Å². The fourth-order valence-corrected chi connectivity index (χ4v) is 3.96. The molecule has 0 bridgehead atoms. The average Bonchev–Trinajstić information content (AvgIpc) is 3.46. The summed E-state index contributed by atoms with van der Waals surface area (Å²) in [7, 11) is 1.54. The Kier molecular flexibility index (Phi) is 4.72. The van der Waals surface area contributed by atoms with Gasteiger partial charge in [0.2, 0.25) is 5.91 Å². The number of rotatable bonds is 5. The zero-order chi connectivity index (χ0) is 19.8. The number of amides is 2. The van der Waals surface area contributed by atoms with Crippen LogP contribution in [0, 0.1) is 11.8 Å². The lowest BCUT2D eigenvalue weighted by Gasteiger charge is -2.16. The van der Waals surface area contributed by atoms with Crippen LogP contribution in [0.15, 0.2) is 23.7 Å². The molecule has 2 amide bonds. The molecule has 28 heavy (non-hydrogen) atoms. The van der Waals surface area contributed by atoms with Crippen LogP contribution in [0.5, 0.6) is 0 Å². The fourth-order valence-electron chi connectivity index (χ4n) is 3.05. The van der Waals surface area contributed by atoms with Crippen LogP contribution in [0.25, 0.3) is 6.08 Å². The fraction of sp³-hybridized carbons (Fsp3) is 0.300. The SMILES string of the molecule is CNC(=O)c1cnc(NC(=O)C2CC2)cc1Nc1csc2c1C(=O)[C@@H](C)C=C2. The predicted molar refractivity (Wildman–Crippen MR) is 109 cm³/mol. The topological polar surface area (TPSA) is 100 Å². The third kappa shape index (κ3) is 3.43. The Morgan fingerprint density at radius 2 is 2.04 bits per heavy atom. The van der Waals surface area contributed by atoms with Gasteiger partial charge in [-0.15, -0.1) is 11.3 Å². The highest BCUT2D eigenvalue weighted by Crippen LogP contribution is 2.37. The Bertz CT molecular complexity index is 1010. The number of carbonyl (C=O) groups excluding carboxylic acids is 3. The summed E-state index contributed by atoms with van der Waals surface area (Å²) in [6.07, 6.45) is 7.04. The molecule has 2 aliphatic rings. The third-order valence-corrected chi connectivity index (χ3v) is 5.81. The zero-order valence-electron chi connectivity index (χ0n) is 15.5. The molecular weight excluding hydrogens is 376 g/mol. The van der Waals surface area contributed by atoms with E-state index in [0.717, 1.165) is 17.7 Å². The molecule has 2 heterocycles. The Morgan fingerprint density at radius 3 is 2.75 bits per heavy atom. The van der Waals surface area contributed by atoms with E-state index in [4.69, 9.17) is 0 Å². The van der Waals surface area contributed by atoms with Crippen LogP contribution in [0.4, 0.5) is 17.2 Å². The van der Waals surface area contributed by atoms with Crippen LogP contribution in [-0.4, -0.2) is 29.6 Å². The second-order valence-electron chi connectivity index (χ2n) is 6.98. The lowest BCUT2D eigenvalue weighted by molar-refractivity contribution is -0.117. The minimum Gasteiger partial charge on any atom is -0.355 e. The summed E-state index contributed by atoms with van der Waals surface area (Å²) >= 11 is 1.47. The summed E-state index contributed by atoms with van der Waals surface area (Å²) in [4.78, 5) is 42.0. The minimum atomic E-state index is -0.307. The summed E-state index contributed by atoms with van der Waals surface area (Å²) in [5.41, 5.74) is 2.09. The summed E-state index contributed by atoms with van der Waals surface area (Å²) in [6, 6.07) is 1.63. The number of thiophene rings is 1. The smallest absolute Gasteiger partial charge is 0.254 e. The molecule has 7 nitrogen and oxygen atoms in total. The Morgan fingerprint density at radius 1 is 1.25 bits per heavy atom. The normalized spacial score (nSPS) is 17.8. The van der Waals surface area contributed by atoms with Crippen molar-refractivity contribution in [2.75, 3.05) is 17.7 Å². The monoisotopic (exact) mass is 396 g/mol. The van der Waals surface area contributed by atoms with E-state index in [1.54, 1.807) is 6.07 Å². The molecule has 0 spiro atoms. The second-order valence-corrected chi connectivity index (χ2v) is 7.89. The van der Waals surface area contributed by atoms with E-state index in [2.05, 4.69) is 20.9 Å². The molecule has 144 valence electrons. The number of hydrogen-bond donors (Lipinski definition) is 3. The quantitative estimate of drug-likeness (QED) is 0.719. The second kappa shape index (κ2) is 7.20. The first-order valence-electron chi connectivity index (χ1n) is 9.12. The van der Waals surface area contributed by atoms with Crippen molar-refractivity contribution in [3.63, 3.8) is 0 Å². The van der Waals surface area contributed by atoms with Crippen LogP contribution >= 0.6 is 11.3 Å². The van der Waals surface area contributed by atoms with Gasteiger partial charge in [0, 0.05) is 41.4 Å². The van der Waals surface area contributed by atoms with Gasteiger partial charge in [-0.3, -0.25) is 14.4 Å². The number of aromatic nitrogens is 1. The molecule has 1 fully saturated rings. The van der Waals surface area contributed by atoms with E-state index in [-0.39, 0.29) is 29.4 Å². The summed E-state index contributed by atoms with van der Waals surface area (Å²) in [5.74, 6) is -0.0970. The van der Waals surface area contributed by atoms with Crippen LogP contribution in [-0.2, 0) is 4.79 Å². The molecular formula is C20H20N4O3S. The van der Waals surface area contributed by atoms with Gasteiger partial charge in [-0.2, -0.15) is 0 Å². The Labute approximate surface area is 166 Å². The number of carbonyl (C=O) groups is 3. The van der Waals surface area contributed by atoms with Gasteiger partial charge in [-0.1, -0.05) is 13.0 Å². The van der Waals surface area contributed by atoms with Gasteiger partial charge in [-0.05, 0) is 18.9 Å². The first kappa shape index (κ1) is 18.4. The number of nitrogens with one attached hydrogen (secondary N) is 3. The third-order valence-electron chi connectivity index (χ3n) is 4.86. The largest absolute Gasteiger partial charge is 0.355 e. The first-order valence-corrected chi connectivity index (χ1v) is 9.99. The molecule has 2 aliphatic carbocycles. The highest BCUT2D eigenvalue weighted by molar-refractivity contribution is 7.12. The Hall–Kier alpha value is -3.00. The van der Waals surface area contributed by atoms with Crippen LogP contribution < -0.4 is 16.0 Å². The average molecular weight is 396 g/mol. The number of hydrogen-bond acceptors (Lipinski definition) is 6. The number of ketones is 1. The van der Waals surface area contributed by atoms with E-state index >= 15 is 0 Å². The molecule has 2 aromatic rings. The van der Waals surface area contributed by atoms with Crippen molar-refractivity contribution in [3.05, 3.63) is 39.7 Å². The molecule has 2 aromatic heterocycles. The molecule has 3 N–H and O–H groups in total. The van der Waals surface area contributed by atoms with Gasteiger partial charge in [0.15, 0.2) is 5.78 Å². The van der Waals surface area contributed by atoms with Crippen molar-refractivity contribution in [3.8, 4) is 0 Å². The number of Topliss-reactive ketones (excluding diaryl/α,β-unsaturated/α-hetero) is 1. The molecule has 0 aromatic carbocycles. The highest BCUT2D eigenvalue weighted by atomic mass is 32.1. The number of anilines is 3. The van der Waals surface area contributed by atoms with Crippen molar-refractivity contribution in [1.82, 2.24) is 10.3 Å². The molecule has 1 saturated carbocycles. The molecule has 1 atom stereocenters. The number of pyridine rings is 1. The molecule has 0 saturated heterocycles. The van der Waals surface area contributed by atoms with Gasteiger partial charge in [-0.25, -0.2) is 4.98 Å². The lowest BCUT2D eigenvalue weighted by Crippen LogP contribution is -2.21. The van der Waals surface area contributed by atoms with E-state index in [0.29, 0.717) is 28.3 Å². The van der Waals surface area contributed by atoms with Gasteiger partial charge in [0.1, 0.15) is 5.82 Å².